The quantitative estimate of drug-likeness (QED) is 0.391. The molecule has 1 aromatic carbocycles. The van der Waals surface area contributed by atoms with Crippen LogP contribution in [0, 0.1) is 12.7 Å². The van der Waals surface area contributed by atoms with Crippen LogP contribution < -0.4 is 5.56 Å². The van der Waals surface area contributed by atoms with Gasteiger partial charge in [0.1, 0.15) is 10.5 Å². The Bertz CT molecular complexity index is 1170. The molecule has 3 heterocycles. The van der Waals surface area contributed by atoms with Crippen molar-refractivity contribution in [1.82, 2.24) is 19.7 Å². The van der Waals surface area contributed by atoms with Crippen molar-refractivity contribution in [2.24, 2.45) is 7.05 Å². The molecule has 4 aromatic rings. The first-order valence-corrected chi connectivity index (χ1v) is 9.55. The SMILES string of the molecule is Cc1ccc(-c2noc(CSc3nc4ccsc4c(=O)n3C)n2)cc1F. The van der Waals surface area contributed by atoms with E-state index in [0.29, 0.717) is 44.0 Å². The summed E-state index contributed by atoms with van der Waals surface area (Å²) in [7, 11) is 1.69. The lowest BCUT2D eigenvalue weighted by Crippen LogP contribution is -2.18. The summed E-state index contributed by atoms with van der Waals surface area (Å²) in [5, 5.41) is 6.31. The molecular weight excluding hydrogens is 375 g/mol. The molecule has 6 nitrogen and oxygen atoms in total. The highest BCUT2D eigenvalue weighted by molar-refractivity contribution is 7.98. The summed E-state index contributed by atoms with van der Waals surface area (Å²) in [5.74, 6) is 0.754. The smallest absolute Gasteiger partial charge is 0.271 e. The number of fused-ring (bicyclic) bond motifs is 1. The first kappa shape index (κ1) is 16.9. The van der Waals surface area contributed by atoms with E-state index in [-0.39, 0.29) is 11.4 Å². The molecule has 0 spiro atoms. The molecular formula is C17H13FN4O2S2. The predicted molar refractivity (Wildman–Crippen MR) is 98.9 cm³/mol. The van der Waals surface area contributed by atoms with Crippen molar-refractivity contribution in [2.45, 2.75) is 17.8 Å². The molecule has 4 rings (SSSR count). The largest absolute Gasteiger partial charge is 0.338 e. The van der Waals surface area contributed by atoms with E-state index in [2.05, 4.69) is 15.1 Å². The lowest BCUT2D eigenvalue weighted by atomic mass is 10.1. The van der Waals surface area contributed by atoms with E-state index in [1.54, 1.807) is 26.1 Å². The van der Waals surface area contributed by atoms with Crippen LogP contribution in [0.3, 0.4) is 0 Å². The Morgan fingerprint density at radius 3 is 2.96 bits per heavy atom. The van der Waals surface area contributed by atoms with Crippen LogP contribution in [0.5, 0.6) is 0 Å². The zero-order valence-electron chi connectivity index (χ0n) is 13.9. The fourth-order valence-electron chi connectivity index (χ4n) is 2.39. The lowest BCUT2D eigenvalue weighted by Gasteiger charge is -2.05. The second kappa shape index (κ2) is 6.65. The molecule has 0 bridgehead atoms. The molecule has 0 unspecified atom stereocenters. The first-order chi connectivity index (χ1) is 12.5. The standard InChI is InChI=1S/C17H13FN4O2S2/c1-9-3-4-10(7-11(9)18)15-20-13(24-21-15)8-26-17-19-12-5-6-25-14(12)16(23)22(17)2/h3-7H,8H2,1-2H3. The summed E-state index contributed by atoms with van der Waals surface area (Å²) in [6, 6.07) is 6.62. The number of aromatic nitrogens is 4. The zero-order chi connectivity index (χ0) is 18.3. The molecule has 0 fully saturated rings. The Labute approximate surface area is 155 Å². The van der Waals surface area contributed by atoms with Gasteiger partial charge in [0.15, 0.2) is 5.16 Å². The topological polar surface area (TPSA) is 73.8 Å². The molecule has 0 aliphatic rings. The van der Waals surface area contributed by atoms with Crippen LogP contribution in [0.15, 0.2) is 44.1 Å². The molecule has 0 saturated carbocycles. The molecule has 0 N–H and O–H groups in total. The highest BCUT2D eigenvalue weighted by Gasteiger charge is 2.14. The Morgan fingerprint density at radius 1 is 1.31 bits per heavy atom. The van der Waals surface area contributed by atoms with Gasteiger partial charge in [-0.15, -0.1) is 11.3 Å². The molecule has 0 amide bonds. The number of thioether (sulfide) groups is 1. The maximum absolute atomic E-state index is 13.7. The normalized spacial score (nSPS) is 11.3. The number of aryl methyl sites for hydroxylation is 1. The van der Waals surface area contributed by atoms with Crippen molar-refractivity contribution in [1.29, 1.82) is 0 Å². The summed E-state index contributed by atoms with van der Waals surface area (Å²) in [4.78, 5) is 21.1. The molecule has 0 aliphatic carbocycles. The molecule has 9 heteroatoms. The van der Waals surface area contributed by atoms with Gasteiger partial charge in [-0.1, -0.05) is 29.1 Å². The van der Waals surface area contributed by atoms with E-state index in [1.165, 1.54) is 33.7 Å². The van der Waals surface area contributed by atoms with Crippen molar-refractivity contribution in [2.75, 3.05) is 0 Å². The molecule has 0 radical (unpaired) electrons. The van der Waals surface area contributed by atoms with Crippen LogP contribution in [0.4, 0.5) is 4.39 Å². The molecule has 0 atom stereocenters. The highest BCUT2D eigenvalue weighted by atomic mass is 32.2. The van der Waals surface area contributed by atoms with Gasteiger partial charge < -0.3 is 4.52 Å². The molecule has 3 aromatic heterocycles. The van der Waals surface area contributed by atoms with Gasteiger partial charge in [-0.05, 0) is 30.0 Å². The maximum atomic E-state index is 13.7. The van der Waals surface area contributed by atoms with Crippen LogP contribution in [0.25, 0.3) is 21.6 Å². The minimum absolute atomic E-state index is 0.0751. The maximum Gasteiger partial charge on any atom is 0.271 e. The lowest BCUT2D eigenvalue weighted by molar-refractivity contribution is 0.391. The third-order valence-corrected chi connectivity index (χ3v) is 5.78. The number of rotatable bonds is 4. The summed E-state index contributed by atoms with van der Waals surface area (Å²) >= 11 is 2.71. The minimum atomic E-state index is -0.313. The van der Waals surface area contributed by atoms with Crippen molar-refractivity contribution in [3.8, 4) is 11.4 Å². The van der Waals surface area contributed by atoms with Gasteiger partial charge in [-0.3, -0.25) is 9.36 Å². The Hall–Kier alpha value is -2.52. The molecule has 0 aliphatic heterocycles. The van der Waals surface area contributed by atoms with Gasteiger partial charge in [0.05, 0.1) is 11.3 Å². The van der Waals surface area contributed by atoms with Crippen LogP contribution in [-0.2, 0) is 12.8 Å². The van der Waals surface area contributed by atoms with Crippen LogP contribution in [0.2, 0.25) is 0 Å². The zero-order valence-corrected chi connectivity index (χ0v) is 15.5. The average molecular weight is 388 g/mol. The van der Waals surface area contributed by atoms with Gasteiger partial charge in [-0.2, -0.15) is 4.98 Å². The molecule has 0 saturated heterocycles. The summed E-state index contributed by atoms with van der Waals surface area (Å²) < 4.78 is 21.1. The van der Waals surface area contributed by atoms with Gasteiger partial charge in [0.25, 0.3) is 5.56 Å². The third kappa shape index (κ3) is 3.04. The Balaban J connectivity index is 1.56. The second-order valence-corrected chi connectivity index (χ2v) is 7.52. The van der Waals surface area contributed by atoms with E-state index in [1.807, 2.05) is 11.4 Å². The van der Waals surface area contributed by atoms with E-state index in [0.717, 1.165) is 0 Å². The molecule has 26 heavy (non-hydrogen) atoms. The van der Waals surface area contributed by atoms with Crippen LogP contribution in [0.1, 0.15) is 11.5 Å². The van der Waals surface area contributed by atoms with Crippen molar-refractivity contribution < 1.29 is 8.91 Å². The second-order valence-electron chi connectivity index (χ2n) is 5.66. The fraction of sp³-hybridized carbons (Fsp3) is 0.176. The average Bonchev–Trinajstić information content (AvgIpc) is 3.28. The van der Waals surface area contributed by atoms with Gasteiger partial charge in [0, 0.05) is 12.6 Å². The van der Waals surface area contributed by atoms with E-state index >= 15 is 0 Å². The number of nitrogens with zero attached hydrogens (tertiary/aromatic N) is 4. The number of benzene rings is 1. The number of thiophene rings is 1. The van der Waals surface area contributed by atoms with Crippen molar-refractivity contribution >= 4 is 33.3 Å². The van der Waals surface area contributed by atoms with Gasteiger partial charge in [0.2, 0.25) is 11.7 Å². The van der Waals surface area contributed by atoms with Gasteiger partial charge in [-0.25, -0.2) is 9.37 Å². The van der Waals surface area contributed by atoms with Crippen molar-refractivity contribution in [3.05, 3.63) is 57.3 Å². The third-order valence-electron chi connectivity index (χ3n) is 3.87. The summed E-state index contributed by atoms with van der Waals surface area (Å²) in [6.07, 6.45) is 0. The Morgan fingerprint density at radius 2 is 2.15 bits per heavy atom. The highest BCUT2D eigenvalue weighted by Crippen LogP contribution is 2.24. The minimum Gasteiger partial charge on any atom is -0.338 e. The fourth-order valence-corrected chi connectivity index (χ4v) is 4.00. The molecule has 132 valence electrons. The van der Waals surface area contributed by atoms with Crippen molar-refractivity contribution in [3.63, 3.8) is 0 Å². The Kier molecular flexibility index (Phi) is 4.33. The van der Waals surface area contributed by atoms with Gasteiger partial charge >= 0.3 is 0 Å². The van der Waals surface area contributed by atoms with Crippen LogP contribution >= 0.6 is 23.1 Å². The van der Waals surface area contributed by atoms with E-state index in [9.17, 15) is 9.18 Å². The van der Waals surface area contributed by atoms with E-state index in [4.69, 9.17) is 4.52 Å². The summed E-state index contributed by atoms with van der Waals surface area (Å²) in [6.45, 7) is 1.69. The van der Waals surface area contributed by atoms with Crippen LogP contribution in [-0.4, -0.2) is 19.7 Å². The summed E-state index contributed by atoms with van der Waals surface area (Å²) in [5.41, 5.74) is 1.72. The number of halogens is 1. The number of hydrogen-bond donors (Lipinski definition) is 0. The first-order valence-electron chi connectivity index (χ1n) is 7.69. The predicted octanol–water partition coefficient (Wildman–Crippen LogP) is 3.78. The number of hydrogen-bond acceptors (Lipinski definition) is 7. The van der Waals surface area contributed by atoms with E-state index < -0.39 is 0 Å². The monoisotopic (exact) mass is 388 g/mol.